The standard InChI is InChI=1S/C17H17BrClN3O2/c1-9(2)23-17-14(19)7-11(8-20-17)16-21-15(22-24-16)12-5-4-6-13(18)10(12)3/h4-9,16H,1-3H3,(H,21,22). The summed E-state index contributed by atoms with van der Waals surface area (Å²) in [7, 11) is 0. The highest BCUT2D eigenvalue weighted by Crippen LogP contribution is 2.30. The molecule has 0 fully saturated rings. The second-order valence-corrected chi connectivity index (χ2v) is 6.95. The number of nitrogens with one attached hydrogen (secondary N) is 1. The monoisotopic (exact) mass is 409 g/mol. The zero-order valence-corrected chi connectivity index (χ0v) is 15.9. The Morgan fingerprint density at radius 3 is 2.88 bits per heavy atom. The Labute approximate surface area is 154 Å². The van der Waals surface area contributed by atoms with Crippen molar-refractivity contribution in [2.75, 3.05) is 0 Å². The van der Waals surface area contributed by atoms with Gasteiger partial charge in [0.25, 0.3) is 0 Å². The molecule has 126 valence electrons. The second-order valence-electron chi connectivity index (χ2n) is 5.68. The van der Waals surface area contributed by atoms with Crippen molar-refractivity contribution >= 4 is 33.4 Å². The summed E-state index contributed by atoms with van der Waals surface area (Å²) in [5.41, 5.74) is 5.70. The summed E-state index contributed by atoms with van der Waals surface area (Å²) in [6, 6.07) is 7.70. The molecule has 1 aromatic carbocycles. The van der Waals surface area contributed by atoms with E-state index in [-0.39, 0.29) is 6.10 Å². The van der Waals surface area contributed by atoms with E-state index < -0.39 is 6.23 Å². The molecule has 0 bridgehead atoms. The van der Waals surface area contributed by atoms with Gasteiger partial charge in [0.2, 0.25) is 12.1 Å². The van der Waals surface area contributed by atoms with Gasteiger partial charge in [0.15, 0.2) is 5.84 Å². The van der Waals surface area contributed by atoms with Gasteiger partial charge < -0.3 is 4.74 Å². The Kier molecular flexibility index (Phi) is 5.08. The molecule has 2 aromatic rings. The Morgan fingerprint density at radius 2 is 2.17 bits per heavy atom. The SMILES string of the molecule is Cc1c(Br)cccc1C1=NC(c2cnc(OC(C)C)c(Cl)c2)ON1. The van der Waals surface area contributed by atoms with Crippen LogP contribution in [0.25, 0.3) is 0 Å². The van der Waals surface area contributed by atoms with E-state index in [2.05, 4.69) is 31.4 Å². The van der Waals surface area contributed by atoms with Crippen LogP contribution in [0.5, 0.6) is 5.88 Å². The van der Waals surface area contributed by atoms with Gasteiger partial charge in [-0.3, -0.25) is 0 Å². The van der Waals surface area contributed by atoms with Gasteiger partial charge in [0.1, 0.15) is 5.02 Å². The normalized spacial score (nSPS) is 16.9. The van der Waals surface area contributed by atoms with Crippen LogP contribution in [-0.2, 0) is 4.84 Å². The number of nitrogens with zero attached hydrogens (tertiary/aromatic N) is 2. The van der Waals surface area contributed by atoms with E-state index >= 15 is 0 Å². The molecule has 1 aliphatic rings. The number of benzene rings is 1. The number of aromatic nitrogens is 1. The predicted molar refractivity (Wildman–Crippen MR) is 97.4 cm³/mol. The molecular weight excluding hydrogens is 394 g/mol. The Balaban J connectivity index is 1.86. The van der Waals surface area contributed by atoms with Gasteiger partial charge in [-0.2, -0.15) is 0 Å². The van der Waals surface area contributed by atoms with Crippen molar-refractivity contribution in [2.24, 2.45) is 4.99 Å². The summed E-state index contributed by atoms with van der Waals surface area (Å²) >= 11 is 9.76. The smallest absolute Gasteiger partial charge is 0.232 e. The maximum absolute atomic E-state index is 6.23. The van der Waals surface area contributed by atoms with E-state index in [0.717, 1.165) is 21.2 Å². The molecule has 0 radical (unpaired) electrons. The molecule has 1 aromatic heterocycles. The van der Waals surface area contributed by atoms with Gasteiger partial charge in [0, 0.05) is 21.8 Å². The van der Waals surface area contributed by atoms with E-state index in [9.17, 15) is 0 Å². The quantitative estimate of drug-likeness (QED) is 0.802. The topological polar surface area (TPSA) is 55.7 Å². The molecule has 2 heterocycles. The summed E-state index contributed by atoms with van der Waals surface area (Å²) in [5, 5.41) is 0.437. The molecule has 1 aliphatic heterocycles. The van der Waals surface area contributed by atoms with Crippen molar-refractivity contribution in [1.82, 2.24) is 10.5 Å². The van der Waals surface area contributed by atoms with Crippen LogP contribution in [0, 0.1) is 6.92 Å². The highest BCUT2D eigenvalue weighted by molar-refractivity contribution is 9.10. The van der Waals surface area contributed by atoms with E-state index in [1.54, 1.807) is 12.3 Å². The van der Waals surface area contributed by atoms with Crippen LogP contribution in [0.3, 0.4) is 0 Å². The lowest BCUT2D eigenvalue weighted by Crippen LogP contribution is -2.19. The largest absolute Gasteiger partial charge is 0.474 e. The van der Waals surface area contributed by atoms with Crippen molar-refractivity contribution in [3.05, 3.63) is 56.6 Å². The molecule has 0 spiro atoms. The highest BCUT2D eigenvalue weighted by atomic mass is 79.9. The number of ether oxygens (including phenoxy) is 1. The van der Waals surface area contributed by atoms with Crippen molar-refractivity contribution in [3.63, 3.8) is 0 Å². The zero-order valence-electron chi connectivity index (χ0n) is 13.5. The predicted octanol–water partition coefficient (Wildman–Crippen LogP) is 4.57. The fraction of sp³-hybridized carbons (Fsp3) is 0.294. The number of rotatable bonds is 4. The second kappa shape index (κ2) is 7.09. The molecule has 3 rings (SSSR count). The number of hydroxylamine groups is 1. The van der Waals surface area contributed by atoms with Crippen LogP contribution in [0.4, 0.5) is 0 Å². The molecule has 7 heteroatoms. The lowest BCUT2D eigenvalue weighted by molar-refractivity contribution is 0.0374. The third-order valence-corrected chi connectivity index (χ3v) is 4.63. The summed E-state index contributed by atoms with van der Waals surface area (Å²) in [6.45, 7) is 5.87. The van der Waals surface area contributed by atoms with Crippen molar-refractivity contribution < 1.29 is 9.57 Å². The van der Waals surface area contributed by atoms with Crippen LogP contribution < -0.4 is 10.2 Å². The minimum atomic E-state index is -0.503. The first-order chi connectivity index (χ1) is 11.5. The molecule has 0 saturated carbocycles. The summed E-state index contributed by atoms with van der Waals surface area (Å²) in [6.07, 6.45) is 1.17. The Morgan fingerprint density at radius 1 is 1.38 bits per heavy atom. The number of halogens is 2. The number of hydrogen-bond donors (Lipinski definition) is 1. The number of pyridine rings is 1. The lowest BCUT2D eigenvalue weighted by Gasteiger charge is -2.12. The maximum atomic E-state index is 6.23. The van der Waals surface area contributed by atoms with Gasteiger partial charge >= 0.3 is 0 Å². The van der Waals surface area contributed by atoms with E-state index in [1.165, 1.54) is 0 Å². The number of hydrogen-bond acceptors (Lipinski definition) is 5. The Bertz CT molecular complexity index is 795. The molecule has 1 atom stereocenters. The molecule has 0 aliphatic carbocycles. The van der Waals surface area contributed by atoms with Crippen molar-refractivity contribution in [1.29, 1.82) is 0 Å². The van der Waals surface area contributed by atoms with Crippen LogP contribution in [0.15, 0.2) is 39.9 Å². The first kappa shape index (κ1) is 17.2. The van der Waals surface area contributed by atoms with E-state index in [0.29, 0.717) is 16.7 Å². The third-order valence-electron chi connectivity index (χ3n) is 3.50. The van der Waals surface area contributed by atoms with Gasteiger partial charge in [-0.1, -0.05) is 39.7 Å². The fourth-order valence-electron chi connectivity index (χ4n) is 2.30. The van der Waals surface area contributed by atoms with Gasteiger partial charge in [-0.25, -0.2) is 20.3 Å². The fourth-order valence-corrected chi connectivity index (χ4v) is 2.88. The third kappa shape index (κ3) is 3.55. The molecule has 24 heavy (non-hydrogen) atoms. The Hall–Kier alpha value is -1.63. The van der Waals surface area contributed by atoms with Crippen molar-refractivity contribution in [2.45, 2.75) is 33.1 Å². The summed E-state index contributed by atoms with van der Waals surface area (Å²) < 4.78 is 6.56. The van der Waals surface area contributed by atoms with Crippen LogP contribution in [0.1, 0.15) is 36.8 Å². The maximum Gasteiger partial charge on any atom is 0.232 e. The van der Waals surface area contributed by atoms with Crippen LogP contribution in [0.2, 0.25) is 5.02 Å². The van der Waals surface area contributed by atoms with Crippen molar-refractivity contribution in [3.8, 4) is 5.88 Å². The number of aliphatic imine (C=N–C) groups is 1. The molecule has 5 nitrogen and oxygen atoms in total. The average molecular weight is 411 g/mol. The highest BCUT2D eigenvalue weighted by Gasteiger charge is 2.23. The minimum absolute atomic E-state index is 0.00868. The first-order valence-electron chi connectivity index (χ1n) is 7.52. The van der Waals surface area contributed by atoms with Gasteiger partial charge in [-0.05, 0) is 38.5 Å². The summed E-state index contributed by atoms with van der Waals surface area (Å²) in [4.78, 5) is 14.4. The molecule has 0 amide bonds. The average Bonchev–Trinajstić information content (AvgIpc) is 3.01. The zero-order chi connectivity index (χ0) is 17.3. The minimum Gasteiger partial charge on any atom is -0.474 e. The van der Waals surface area contributed by atoms with E-state index in [4.69, 9.17) is 21.2 Å². The summed E-state index contributed by atoms with van der Waals surface area (Å²) in [5.74, 6) is 1.09. The van der Waals surface area contributed by atoms with Gasteiger partial charge in [-0.15, -0.1) is 0 Å². The van der Waals surface area contributed by atoms with Gasteiger partial charge in [0.05, 0.1) is 6.10 Å². The molecule has 1 unspecified atom stereocenters. The van der Waals surface area contributed by atoms with Crippen LogP contribution in [-0.4, -0.2) is 16.9 Å². The first-order valence-corrected chi connectivity index (χ1v) is 8.70. The lowest BCUT2D eigenvalue weighted by atomic mass is 10.1. The molecule has 1 N–H and O–H groups in total. The van der Waals surface area contributed by atoms with Crippen LogP contribution >= 0.6 is 27.5 Å². The number of amidine groups is 1. The van der Waals surface area contributed by atoms with E-state index in [1.807, 2.05) is 39.0 Å². The molecular formula is C17H17BrClN3O2. The molecule has 0 saturated heterocycles.